The van der Waals surface area contributed by atoms with Gasteiger partial charge in [0, 0.05) is 0 Å². The molecule has 0 spiro atoms. The van der Waals surface area contributed by atoms with Gasteiger partial charge in [0.25, 0.3) is 5.91 Å². The molecule has 206 valence electrons. The minimum atomic E-state index is -0.457. The van der Waals surface area contributed by atoms with Gasteiger partial charge in [-0.1, -0.05) is 6.07 Å². The Hall–Kier alpha value is -3.59. The maximum Gasteiger partial charge on any atom is 0.415 e. The minimum Gasteiger partial charge on any atom is -0.490 e. The van der Waals surface area contributed by atoms with Crippen molar-refractivity contribution in [2.24, 2.45) is 11.7 Å². The topological polar surface area (TPSA) is 152 Å². The van der Waals surface area contributed by atoms with Gasteiger partial charge in [-0.15, -0.1) is 12.4 Å². The van der Waals surface area contributed by atoms with E-state index in [1.807, 2.05) is 6.07 Å². The number of nitrogens with two attached hydrogens (primary N) is 1. The molecule has 2 fully saturated rings. The quantitative estimate of drug-likeness (QED) is 0.396. The van der Waals surface area contributed by atoms with Crippen LogP contribution in [0.4, 0.5) is 16.4 Å². The van der Waals surface area contributed by atoms with Gasteiger partial charge in [-0.05, 0) is 80.4 Å². The monoisotopic (exact) mass is 554 g/mol. The average molecular weight is 555 g/mol. The highest BCUT2D eigenvalue weighted by molar-refractivity contribution is 5.95. The molecule has 1 saturated heterocycles. The van der Waals surface area contributed by atoms with Crippen molar-refractivity contribution in [3.05, 3.63) is 41.0 Å². The lowest BCUT2D eigenvalue weighted by Gasteiger charge is -2.19. The van der Waals surface area contributed by atoms with E-state index in [4.69, 9.17) is 19.9 Å². The summed E-state index contributed by atoms with van der Waals surface area (Å²) in [5, 5.41) is 15.9. The number of nitrogens with one attached hydrogen (secondary N) is 2. The van der Waals surface area contributed by atoms with Gasteiger partial charge in [-0.3, -0.25) is 9.69 Å². The summed E-state index contributed by atoms with van der Waals surface area (Å²) < 4.78 is 16.8. The van der Waals surface area contributed by atoms with E-state index in [9.17, 15) is 14.9 Å². The van der Waals surface area contributed by atoms with Crippen LogP contribution in [0.5, 0.6) is 11.5 Å². The number of ether oxygens (including phenoxy) is 3. The van der Waals surface area contributed by atoms with Crippen LogP contribution >= 0.6 is 12.4 Å². The fourth-order valence-corrected chi connectivity index (χ4v) is 5.21. The molecule has 1 aromatic carbocycles. The largest absolute Gasteiger partial charge is 0.490 e. The average Bonchev–Trinajstić information content (AvgIpc) is 3.32. The van der Waals surface area contributed by atoms with Gasteiger partial charge in [0.1, 0.15) is 30.3 Å². The lowest BCUT2D eigenvalue weighted by molar-refractivity contribution is -0.118. The molecule has 0 radical (unpaired) electrons. The van der Waals surface area contributed by atoms with E-state index in [0.29, 0.717) is 60.7 Å². The summed E-state index contributed by atoms with van der Waals surface area (Å²) >= 11 is 0. The first-order valence-electron chi connectivity index (χ1n) is 13.0. The molecule has 4 N–H and O–H groups in total. The normalized spacial score (nSPS) is 22.0. The van der Waals surface area contributed by atoms with Gasteiger partial charge in [-0.25, -0.2) is 9.78 Å². The summed E-state index contributed by atoms with van der Waals surface area (Å²) in [5.74, 6) is 1.93. The molecule has 2 amide bonds. The second kappa shape index (κ2) is 10.9. The van der Waals surface area contributed by atoms with Crippen molar-refractivity contribution in [2.45, 2.75) is 43.7 Å². The highest BCUT2D eigenvalue weighted by atomic mass is 35.5. The van der Waals surface area contributed by atoms with Crippen LogP contribution in [0.2, 0.25) is 0 Å². The van der Waals surface area contributed by atoms with Crippen LogP contribution in [0, 0.1) is 17.2 Å². The number of benzene rings is 1. The van der Waals surface area contributed by atoms with E-state index in [-0.39, 0.29) is 36.6 Å². The van der Waals surface area contributed by atoms with Crippen molar-refractivity contribution in [3.63, 3.8) is 0 Å². The third kappa shape index (κ3) is 5.73. The molecule has 0 bridgehead atoms. The first-order chi connectivity index (χ1) is 18.4. The molecule has 12 heteroatoms. The van der Waals surface area contributed by atoms with Gasteiger partial charge in [0.15, 0.2) is 18.2 Å². The Morgan fingerprint density at radius 2 is 2.10 bits per heavy atom. The number of cyclic esters (lactones) is 1. The third-order valence-corrected chi connectivity index (χ3v) is 7.58. The van der Waals surface area contributed by atoms with Crippen molar-refractivity contribution in [1.29, 1.82) is 5.26 Å². The number of hydrogen-bond donors (Lipinski definition) is 3. The zero-order valence-electron chi connectivity index (χ0n) is 21.4. The van der Waals surface area contributed by atoms with Gasteiger partial charge < -0.3 is 30.6 Å². The number of carbonyl (C=O) groups is 2. The molecular weight excluding hydrogens is 524 g/mol. The predicted molar refractivity (Wildman–Crippen MR) is 144 cm³/mol. The van der Waals surface area contributed by atoms with Gasteiger partial charge in [0.2, 0.25) is 0 Å². The van der Waals surface area contributed by atoms with E-state index < -0.39 is 6.09 Å². The van der Waals surface area contributed by atoms with Crippen LogP contribution in [-0.2, 0) is 22.4 Å². The lowest BCUT2D eigenvalue weighted by Crippen LogP contribution is -2.30. The van der Waals surface area contributed by atoms with Gasteiger partial charge >= 0.3 is 6.09 Å². The van der Waals surface area contributed by atoms with E-state index in [0.717, 1.165) is 37.8 Å². The number of hydrogen-bond acceptors (Lipinski definition) is 9. The third-order valence-electron chi connectivity index (χ3n) is 7.58. The lowest BCUT2D eigenvalue weighted by atomic mass is 10.0. The van der Waals surface area contributed by atoms with Crippen LogP contribution in [0.1, 0.15) is 36.0 Å². The summed E-state index contributed by atoms with van der Waals surface area (Å²) in [7, 11) is 0. The van der Waals surface area contributed by atoms with Crippen molar-refractivity contribution in [1.82, 2.24) is 10.3 Å². The zero-order chi connectivity index (χ0) is 26.3. The number of fused-ring (bicyclic) bond motifs is 2. The summed E-state index contributed by atoms with van der Waals surface area (Å²) in [6.45, 7) is 2.28. The molecule has 11 nitrogen and oxygen atoms in total. The van der Waals surface area contributed by atoms with Crippen LogP contribution in [0.3, 0.4) is 0 Å². The number of amides is 2. The number of halogens is 1. The number of aromatic nitrogens is 1. The van der Waals surface area contributed by atoms with Crippen molar-refractivity contribution < 1.29 is 23.8 Å². The summed E-state index contributed by atoms with van der Waals surface area (Å²) in [5.41, 5.74) is 8.83. The van der Waals surface area contributed by atoms with Gasteiger partial charge in [-0.2, -0.15) is 5.26 Å². The SMILES string of the molecule is Cl.N#Cc1c(OCC2(N)CC2)ccc2c1CC(CNCCC1CN(c3ccc4c(n3)NC(=O)CO4)C(=O)O1)C2. The molecule has 1 aromatic heterocycles. The fraction of sp³-hybridized carbons (Fsp3) is 0.481. The summed E-state index contributed by atoms with van der Waals surface area (Å²) in [6.07, 6.45) is 3.61. The molecule has 2 aliphatic carbocycles. The molecule has 1 saturated carbocycles. The Bertz CT molecular complexity index is 1330. The molecule has 2 unspecified atom stereocenters. The van der Waals surface area contributed by atoms with Gasteiger partial charge in [0.05, 0.1) is 17.6 Å². The fourth-order valence-electron chi connectivity index (χ4n) is 5.21. The van der Waals surface area contributed by atoms with Crippen LogP contribution in [-0.4, -0.2) is 61.5 Å². The Morgan fingerprint density at radius 1 is 1.26 bits per heavy atom. The predicted octanol–water partition coefficient (Wildman–Crippen LogP) is 2.30. The molecule has 6 rings (SSSR count). The first kappa shape index (κ1) is 27.0. The standard InChI is InChI=1S/C27H30N6O5.ClH/c28-11-20-19-10-16(9-17(19)1-2-21(20)37-15-27(29)6-7-27)12-30-8-5-18-13-33(26(35)38-18)23-4-3-22-25(31-23)32-24(34)14-36-22;/h1-4,16,18,30H,5-10,12-15,29H2,(H,31,32,34);1H. The highest BCUT2D eigenvalue weighted by Gasteiger charge is 2.39. The Morgan fingerprint density at radius 3 is 2.90 bits per heavy atom. The molecule has 2 atom stereocenters. The van der Waals surface area contributed by atoms with Crippen molar-refractivity contribution in [2.75, 3.05) is 43.1 Å². The molecule has 2 aliphatic heterocycles. The van der Waals surface area contributed by atoms with Crippen LogP contribution in [0.15, 0.2) is 24.3 Å². The molecule has 3 heterocycles. The Kier molecular flexibility index (Phi) is 7.53. The maximum absolute atomic E-state index is 12.5. The summed E-state index contributed by atoms with van der Waals surface area (Å²) in [6, 6.07) is 9.69. The second-order valence-corrected chi connectivity index (χ2v) is 10.6. The number of pyridine rings is 1. The summed E-state index contributed by atoms with van der Waals surface area (Å²) in [4.78, 5) is 29.9. The van der Waals surface area contributed by atoms with E-state index in [1.54, 1.807) is 12.1 Å². The minimum absolute atomic E-state index is 0. The van der Waals surface area contributed by atoms with Crippen LogP contribution < -0.4 is 30.7 Å². The first-order valence-corrected chi connectivity index (χ1v) is 13.0. The maximum atomic E-state index is 12.5. The number of nitrogens with zero attached hydrogens (tertiary/aromatic N) is 3. The molecule has 4 aliphatic rings. The zero-order valence-corrected chi connectivity index (χ0v) is 22.2. The number of anilines is 2. The van der Waals surface area contributed by atoms with Crippen molar-refractivity contribution >= 4 is 36.0 Å². The highest BCUT2D eigenvalue weighted by Crippen LogP contribution is 2.37. The smallest absolute Gasteiger partial charge is 0.415 e. The number of nitriles is 1. The molecular formula is C27H31ClN6O5. The Balaban J connectivity index is 0.00000308. The Labute approximate surface area is 232 Å². The van der Waals surface area contributed by atoms with Crippen LogP contribution in [0.25, 0.3) is 0 Å². The molecule has 39 heavy (non-hydrogen) atoms. The molecule has 2 aromatic rings. The second-order valence-electron chi connectivity index (χ2n) is 10.6. The van der Waals surface area contributed by atoms with Crippen molar-refractivity contribution in [3.8, 4) is 17.6 Å². The van der Waals surface area contributed by atoms with E-state index >= 15 is 0 Å². The van der Waals surface area contributed by atoms with E-state index in [2.05, 4.69) is 27.8 Å². The number of carbonyl (C=O) groups excluding carboxylic acids is 2. The van der Waals surface area contributed by atoms with E-state index in [1.165, 1.54) is 10.5 Å². The number of rotatable bonds is 9.